The molecule has 7 heteroatoms. The molecule has 1 aromatic heterocycles. The lowest BCUT2D eigenvalue weighted by molar-refractivity contribution is -0.113. The number of rotatable bonds is 5. The average molecular weight is 418 g/mol. The Morgan fingerprint density at radius 3 is 2.76 bits per heavy atom. The minimum absolute atomic E-state index is 0.115. The van der Waals surface area contributed by atoms with Gasteiger partial charge in [-0.05, 0) is 55.3 Å². The Labute approximate surface area is 158 Å². The number of nitrogens with zero attached hydrogens (tertiary/aromatic N) is 2. The Bertz CT molecular complexity index is 911. The van der Waals surface area contributed by atoms with Gasteiger partial charge >= 0.3 is 0 Å². The zero-order valence-electron chi connectivity index (χ0n) is 13.7. The van der Waals surface area contributed by atoms with Crippen LogP contribution >= 0.6 is 27.7 Å². The van der Waals surface area contributed by atoms with Crippen molar-refractivity contribution in [1.82, 2.24) is 10.2 Å². The van der Waals surface area contributed by atoms with Crippen molar-refractivity contribution < 1.29 is 9.21 Å². The third kappa shape index (κ3) is 4.70. The minimum atomic E-state index is -0.115. The van der Waals surface area contributed by atoms with Crippen LogP contribution < -0.4 is 5.32 Å². The molecule has 0 unspecified atom stereocenters. The van der Waals surface area contributed by atoms with Crippen LogP contribution in [0.4, 0.5) is 5.69 Å². The van der Waals surface area contributed by atoms with Gasteiger partial charge in [0.25, 0.3) is 5.22 Å². The molecule has 25 heavy (non-hydrogen) atoms. The summed E-state index contributed by atoms with van der Waals surface area (Å²) in [5, 5.41) is 11.2. The molecule has 0 aliphatic heterocycles. The number of carbonyl (C=O) groups is 1. The molecule has 0 aliphatic carbocycles. The lowest BCUT2D eigenvalue weighted by Crippen LogP contribution is -2.14. The number of hydrogen-bond donors (Lipinski definition) is 1. The molecule has 0 fully saturated rings. The highest BCUT2D eigenvalue weighted by atomic mass is 79.9. The molecule has 2 aromatic carbocycles. The smallest absolute Gasteiger partial charge is 0.277 e. The highest BCUT2D eigenvalue weighted by Gasteiger charge is 2.12. The molecule has 0 bridgehead atoms. The number of amides is 1. The van der Waals surface area contributed by atoms with E-state index in [-0.39, 0.29) is 11.7 Å². The summed E-state index contributed by atoms with van der Waals surface area (Å²) in [5.74, 6) is 0.515. The fourth-order valence-electron chi connectivity index (χ4n) is 2.15. The molecule has 3 rings (SSSR count). The highest BCUT2D eigenvalue weighted by molar-refractivity contribution is 9.10. The van der Waals surface area contributed by atoms with Crippen molar-refractivity contribution in [2.75, 3.05) is 11.1 Å². The fourth-order valence-corrected chi connectivity index (χ4v) is 3.11. The predicted molar refractivity (Wildman–Crippen MR) is 103 cm³/mol. The molecule has 3 aromatic rings. The summed E-state index contributed by atoms with van der Waals surface area (Å²) in [4.78, 5) is 12.1. The van der Waals surface area contributed by atoms with Crippen molar-refractivity contribution in [1.29, 1.82) is 0 Å². The van der Waals surface area contributed by atoms with E-state index in [2.05, 4.69) is 31.4 Å². The van der Waals surface area contributed by atoms with Gasteiger partial charge < -0.3 is 9.73 Å². The molecule has 0 radical (unpaired) electrons. The first-order chi connectivity index (χ1) is 12.0. The maximum atomic E-state index is 12.1. The van der Waals surface area contributed by atoms with Crippen molar-refractivity contribution in [3.8, 4) is 11.5 Å². The first-order valence-electron chi connectivity index (χ1n) is 7.60. The standard InChI is InChI=1S/C18H16BrN3O2S/c1-11-6-7-15(8-12(11)2)20-16(23)10-25-18-22-21-17(24-18)13-4-3-5-14(19)9-13/h3-9H,10H2,1-2H3,(H,20,23). The zero-order valence-corrected chi connectivity index (χ0v) is 16.1. The number of halogens is 1. The molecular formula is C18H16BrN3O2S. The van der Waals surface area contributed by atoms with Gasteiger partial charge in [-0.15, -0.1) is 10.2 Å². The fraction of sp³-hybridized carbons (Fsp3) is 0.167. The Balaban J connectivity index is 1.58. The molecule has 1 N–H and O–H groups in total. The van der Waals surface area contributed by atoms with E-state index in [1.807, 2.05) is 56.3 Å². The Morgan fingerprint density at radius 2 is 2.00 bits per heavy atom. The van der Waals surface area contributed by atoms with Gasteiger partial charge in [0.1, 0.15) is 0 Å². The van der Waals surface area contributed by atoms with E-state index in [9.17, 15) is 4.79 Å². The summed E-state index contributed by atoms with van der Waals surface area (Å²) < 4.78 is 6.54. The molecule has 1 amide bonds. The Kier molecular flexibility index (Phi) is 5.55. The third-order valence-corrected chi connectivity index (χ3v) is 4.91. The van der Waals surface area contributed by atoms with Gasteiger partial charge in [0.15, 0.2) is 0 Å². The second-order valence-corrected chi connectivity index (χ2v) is 7.36. The van der Waals surface area contributed by atoms with Crippen LogP contribution in [-0.4, -0.2) is 21.9 Å². The van der Waals surface area contributed by atoms with Crippen molar-refractivity contribution in [3.63, 3.8) is 0 Å². The molecule has 128 valence electrons. The molecule has 1 heterocycles. The molecule has 5 nitrogen and oxygen atoms in total. The lowest BCUT2D eigenvalue weighted by Gasteiger charge is -2.06. The summed E-state index contributed by atoms with van der Waals surface area (Å²) in [5.41, 5.74) is 3.95. The topological polar surface area (TPSA) is 68.0 Å². The van der Waals surface area contributed by atoms with Gasteiger partial charge in [-0.1, -0.05) is 39.8 Å². The van der Waals surface area contributed by atoms with Gasteiger partial charge in [0.05, 0.1) is 5.75 Å². The van der Waals surface area contributed by atoms with Crippen LogP contribution in [0.2, 0.25) is 0 Å². The van der Waals surface area contributed by atoms with Gasteiger partial charge in [0, 0.05) is 15.7 Å². The maximum absolute atomic E-state index is 12.1. The van der Waals surface area contributed by atoms with Gasteiger partial charge in [-0.2, -0.15) is 0 Å². The molecule has 0 saturated carbocycles. The van der Waals surface area contributed by atoms with Gasteiger partial charge in [-0.25, -0.2) is 0 Å². The Hall–Kier alpha value is -2.12. The van der Waals surface area contributed by atoms with Crippen LogP contribution in [0.5, 0.6) is 0 Å². The predicted octanol–water partition coefficient (Wildman–Crippen LogP) is 4.85. The monoisotopic (exact) mass is 417 g/mol. The van der Waals surface area contributed by atoms with E-state index in [1.54, 1.807) is 0 Å². The van der Waals surface area contributed by atoms with Crippen LogP contribution in [0.3, 0.4) is 0 Å². The van der Waals surface area contributed by atoms with Crippen LogP contribution in [0, 0.1) is 13.8 Å². The van der Waals surface area contributed by atoms with E-state index in [1.165, 1.54) is 17.3 Å². The molecule has 0 aliphatic rings. The van der Waals surface area contributed by atoms with Crippen LogP contribution in [0.15, 0.2) is 56.6 Å². The number of nitrogens with one attached hydrogen (secondary N) is 1. The summed E-state index contributed by atoms with van der Waals surface area (Å²) in [6.07, 6.45) is 0. The van der Waals surface area contributed by atoms with Gasteiger partial charge in [0.2, 0.25) is 11.8 Å². The summed E-state index contributed by atoms with van der Waals surface area (Å²) in [6, 6.07) is 13.4. The maximum Gasteiger partial charge on any atom is 0.277 e. The van der Waals surface area contributed by atoms with Crippen molar-refractivity contribution in [3.05, 3.63) is 58.1 Å². The largest absolute Gasteiger partial charge is 0.411 e. The van der Waals surface area contributed by atoms with Crippen LogP contribution in [-0.2, 0) is 4.79 Å². The lowest BCUT2D eigenvalue weighted by atomic mass is 10.1. The molecule has 0 atom stereocenters. The second kappa shape index (κ2) is 7.84. The molecule has 0 saturated heterocycles. The number of aryl methyl sites for hydroxylation is 2. The quantitative estimate of drug-likeness (QED) is 0.601. The first kappa shape index (κ1) is 17.7. The number of anilines is 1. The highest BCUT2D eigenvalue weighted by Crippen LogP contribution is 2.25. The summed E-state index contributed by atoms with van der Waals surface area (Å²) >= 11 is 4.62. The van der Waals surface area contributed by atoms with Gasteiger partial charge in [-0.3, -0.25) is 4.79 Å². The zero-order chi connectivity index (χ0) is 17.8. The minimum Gasteiger partial charge on any atom is -0.411 e. The number of hydrogen-bond acceptors (Lipinski definition) is 5. The average Bonchev–Trinajstić information content (AvgIpc) is 3.05. The van der Waals surface area contributed by atoms with E-state index in [0.717, 1.165) is 21.3 Å². The van der Waals surface area contributed by atoms with E-state index < -0.39 is 0 Å². The van der Waals surface area contributed by atoms with E-state index >= 15 is 0 Å². The number of thioether (sulfide) groups is 1. The van der Waals surface area contributed by atoms with Crippen molar-refractivity contribution >= 4 is 39.3 Å². The summed E-state index contributed by atoms with van der Waals surface area (Å²) in [7, 11) is 0. The number of carbonyl (C=O) groups excluding carboxylic acids is 1. The van der Waals surface area contributed by atoms with E-state index in [4.69, 9.17) is 4.42 Å². The van der Waals surface area contributed by atoms with E-state index in [0.29, 0.717) is 11.1 Å². The van der Waals surface area contributed by atoms with Crippen LogP contribution in [0.25, 0.3) is 11.5 Å². The molecular weight excluding hydrogens is 402 g/mol. The third-order valence-electron chi connectivity index (χ3n) is 3.60. The van der Waals surface area contributed by atoms with Crippen LogP contribution in [0.1, 0.15) is 11.1 Å². The van der Waals surface area contributed by atoms with Crippen molar-refractivity contribution in [2.45, 2.75) is 19.1 Å². The second-order valence-electron chi connectivity index (χ2n) is 5.52. The van der Waals surface area contributed by atoms with Crippen molar-refractivity contribution in [2.24, 2.45) is 0 Å². The first-order valence-corrected chi connectivity index (χ1v) is 9.38. The SMILES string of the molecule is Cc1ccc(NC(=O)CSc2nnc(-c3cccc(Br)c3)o2)cc1C. The normalized spacial score (nSPS) is 10.7. The summed E-state index contributed by atoms with van der Waals surface area (Å²) in [6.45, 7) is 4.05. The molecule has 0 spiro atoms. The Morgan fingerprint density at radius 1 is 1.16 bits per heavy atom. The number of aromatic nitrogens is 2. The number of benzene rings is 2.